The van der Waals surface area contributed by atoms with E-state index in [-0.39, 0.29) is 0 Å². The van der Waals surface area contributed by atoms with E-state index in [9.17, 15) is 0 Å². The number of hydrogen-bond acceptors (Lipinski definition) is 6. The van der Waals surface area contributed by atoms with Crippen LogP contribution in [0.4, 0.5) is 0 Å². The average Bonchev–Trinajstić information content (AvgIpc) is 3.04. The van der Waals surface area contributed by atoms with E-state index in [4.69, 9.17) is 0 Å². The molecule has 0 aliphatic carbocycles. The van der Waals surface area contributed by atoms with Crippen molar-refractivity contribution in [1.82, 2.24) is 39.4 Å². The van der Waals surface area contributed by atoms with Crippen molar-refractivity contribution in [3.63, 3.8) is 0 Å². The van der Waals surface area contributed by atoms with Gasteiger partial charge in [0, 0.05) is 24.0 Å². The molecule has 18 heavy (non-hydrogen) atoms. The number of fused-ring (bicyclic) bond motifs is 2. The molecule has 0 spiro atoms. The Labute approximate surface area is 99.9 Å². The SMILES string of the molecule is c1cc2nc(-c3cnc4nncn4c3)cn2nn1. The number of imidazole rings is 1. The lowest BCUT2D eigenvalue weighted by atomic mass is 10.3. The lowest BCUT2D eigenvalue weighted by Crippen LogP contribution is -1.90. The van der Waals surface area contributed by atoms with E-state index in [1.54, 1.807) is 39.9 Å². The molecule has 8 heteroatoms. The van der Waals surface area contributed by atoms with Gasteiger partial charge in [0.25, 0.3) is 5.78 Å². The van der Waals surface area contributed by atoms with Crippen LogP contribution in [0.3, 0.4) is 0 Å². The van der Waals surface area contributed by atoms with Crippen molar-refractivity contribution >= 4 is 11.4 Å². The third-order valence-electron chi connectivity index (χ3n) is 2.60. The Hall–Kier alpha value is -2.90. The van der Waals surface area contributed by atoms with E-state index in [0.29, 0.717) is 5.78 Å². The highest BCUT2D eigenvalue weighted by atomic mass is 15.4. The average molecular weight is 238 g/mol. The Morgan fingerprint density at radius 2 is 2.11 bits per heavy atom. The number of hydrogen-bond donors (Lipinski definition) is 0. The molecule has 86 valence electrons. The summed E-state index contributed by atoms with van der Waals surface area (Å²) in [5.74, 6) is 0.558. The van der Waals surface area contributed by atoms with E-state index in [0.717, 1.165) is 16.9 Å². The largest absolute Gasteiger partial charge is 0.272 e. The van der Waals surface area contributed by atoms with Crippen LogP contribution in [0.5, 0.6) is 0 Å². The molecule has 0 fully saturated rings. The molecule has 0 saturated heterocycles. The quantitative estimate of drug-likeness (QED) is 0.471. The van der Waals surface area contributed by atoms with Crippen molar-refractivity contribution in [2.75, 3.05) is 0 Å². The lowest BCUT2D eigenvalue weighted by molar-refractivity contribution is 0.807. The predicted molar refractivity (Wildman–Crippen MR) is 60.6 cm³/mol. The van der Waals surface area contributed by atoms with Gasteiger partial charge < -0.3 is 0 Å². The lowest BCUT2D eigenvalue weighted by Gasteiger charge is -1.95. The minimum absolute atomic E-state index is 0.558. The fourth-order valence-corrected chi connectivity index (χ4v) is 1.76. The molecule has 0 saturated carbocycles. The van der Waals surface area contributed by atoms with E-state index < -0.39 is 0 Å². The summed E-state index contributed by atoms with van der Waals surface area (Å²) in [6.45, 7) is 0. The van der Waals surface area contributed by atoms with Gasteiger partial charge in [-0.1, -0.05) is 5.21 Å². The zero-order valence-corrected chi connectivity index (χ0v) is 9.04. The first-order valence-electron chi connectivity index (χ1n) is 5.23. The second kappa shape index (κ2) is 3.29. The zero-order chi connectivity index (χ0) is 11.9. The zero-order valence-electron chi connectivity index (χ0n) is 9.04. The van der Waals surface area contributed by atoms with Gasteiger partial charge in [-0.3, -0.25) is 4.40 Å². The number of nitrogens with zero attached hydrogens (tertiary/aromatic N) is 8. The van der Waals surface area contributed by atoms with Crippen LogP contribution in [0.25, 0.3) is 22.7 Å². The van der Waals surface area contributed by atoms with Gasteiger partial charge in [-0.25, -0.2) is 14.5 Å². The summed E-state index contributed by atoms with van der Waals surface area (Å²) in [4.78, 5) is 8.63. The molecule has 0 radical (unpaired) electrons. The second-order valence-corrected chi connectivity index (χ2v) is 3.73. The van der Waals surface area contributed by atoms with Gasteiger partial charge in [0.1, 0.15) is 6.33 Å². The molecule has 0 unspecified atom stereocenters. The summed E-state index contributed by atoms with van der Waals surface area (Å²) in [5, 5.41) is 15.4. The predicted octanol–water partition coefficient (Wildman–Crippen LogP) is 0.229. The molecule has 0 amide bonds. The standard InChI is InChI=1S/C10H6N8/c1-2-12-16-18-5-8(14-9(1)18)7-3-11-10-15-13-6-17(10)4-7/h1-6H. The van der Waals surface area contributed by atoms with Gasteiger partial charge in [0.05, 0.1) is 18.1 Å². The van der Waals surface area contributed by atoms with Crippen LogP contribution in [0.15, 0.2) is 37.2 Å². The summed E-state index contributed by atoms with van der Waals surface area (Å²) < 4.78 is 3.36. The maximum absolute atomic E-state index is 4.44. The molecule has 4 rings (SSSR count). The summed E-state index contributed by atoms with van der Waals surface area (Å²) in [7, 11) is 0. The van der Waals surface area contributed by atoms with E-state index in [1.807, 2.05) is 6.20 Å². The van der Waals surface area contributed by atoms with Crippen LogP contribution >= 0.6 is 0 Å². The van der Waals surface area contributed by atoms with Gasteiger partial charge >= 0.3 is 0 Å². The van der Waals surface area contributed by atoms with Crippen LogP contribution in [-0.2, 0) is 0 Å². The highest BCUT2D eigenvalue weighted by molar-refractivity contribution is 5.61. The normalized spacial score (nSPS) is 11.3. The smallest absolute Gasteiger partial charge is 0.254 e. The molecule has 4 aromatic rings. The highest BCUT2D eigenvalue weighted by Crippen LogP contribution is 2.17. The first-order valence-corrected chi connectivity index (χ1v) is 5.23. The minimum atomic E-state index is 0.558. The molecule has 0 aromatic carbocycles. The van der Waals surface area contributed by atoms with Crippen molar-refractivity contribution in [1.29, 1.82) is 0 Å². The molecule has 0 bridgehead atoms. The molecule has 0 aliphatic rings. The Kier molecular flexibility index (Phi) is 1.68. The molecule has 0 N–H and O–H groups in total. The molecule has 0 aliphatic heterocycles. The molecule has 8 nitrogen and oxygen atoms in total. The Morgan fingerprint density at radius 3 is 3.06 bits per heavy atom. The van der Waals surface area contributed by atoms with Crippen molar-refractivity contribution in [3.05, 3.63) is 37.2 Å². The Balaban J connectivity index is 1.94. The maximum Gasteiger partial charge on any atom is 0.254 e. The topological polar surface area (TPSA) is 86.2 Å². The van der Waals surface area contributed by atoms with Crippen molar-refractivity contribution in [2.45, 2.75) is 0 Å². The third kappa shape index (κ3) is 1.25. The van der Waals surface area contributed by atoms with Crippen LogP contribution in [-0.4, -0.2) is 39.4 Å². The third-order valence-corrected chi connectivity index (χ3v) is 2.60. The first kappa shape index (κ1) is 9.16. The monoisotopic (exact) mass is 238 g/mol. The van der Waals surface area contributed by atoms with E-state index in [2.05, 4.69) is 30.5 Å². The van der Waals surface area contributed by atoms with E-state index in [1.165, 1.54) is 0 Å². The summed E-state index contributed by atoms with van der Waals surface area (Å²) in [5.41, 5.74) is 2.38. The number of aromatic nitrogens is 8. The van der Waals surface area contributed by atoms with Crippen LogP contribution in [0, 0.1) is 0 Å². The maximum atomic E-state index is 4.44. The first-order chi connectivity index (χ1) is 8.90. The van der Waals surface area contributed by atoms with Gasteiger partial charge in [-0.2, -0.15) is 0 Å². The van der Waals surface area contributed by atoms with Crippen molar-refractivity contribution in [3.8, 4) is 11.3 Å². The summed E-state index contributed by atoms with van der Waals surface area (Å²) in [6, 6.07) is 1.79. The fraction of sp³-hybridized carbons (Fsp3) is 0. The van der Waals surface area contributed by atoms with Crippen LogP contribution in [0.2, 0.25) is 0 Å². The molecule has 4 aromatic heterocycles. The molecule has 0 atom stereocenters. The summed E-state index contributed by atoms with van der Waals surface area (Å²) in [6.07, 6.45) is 8.58. The minimum Gasteiger partial charge on any atom is -0.272 e. The Bertz CT molecular complexity index is 812. The van der Waals surface area contributed by atoms with Crippen LogP contribution < -0.4 is 0 Å². The van der Waals surface area contributed by atoms with Gasteiger partial charge in [-0.15, -0.1) is 15.3 Å². The van der Waals surface area contributed by atoms with Crippen molar-refractivity contribution < 1.29 is 0 Å². The number of rotatable bonds is 1. The Morgan fingerprint density at radius 1 is 1.11 bits per heavy atom. The van der Waals surface area contributed by atoms with Crippen molar-refractivity contribution in [2.24, 2.45) is 0 Å². The van der Waals surface area contributed by atoms with E-state index >= 15 is 0 Å². The summed E-state index contributed by atoms with van der Waals surface area (Å²) >= 11 is 0. The van der Waals surface area contributed by atoms with Gasteiger partial charge in [-0.05, 0) is 0 Å². The highest BCUT2D eigenvalue weighted by Gasteiger charge is 2.07. The molecule has 4 heterocycles. The van der Waals surface area contributed by atoms with Gasteiger partial charge in [0.15, 0.2) is 5.65 Å². The van der Waals surface area contributed by atoms with Crippen LogP contribution in [0.1, 0.15) is 0 Å². The van der Waals surface area contributed by atoms with Gasteiger partial charge in [0.2, 0.25) is 0 Å². The fourth-order valence-electron chi connectivity index (χ4n) is 1.76. The molecular formula is C10H6N8. The molecular weight excluding hydrogens is 232 g/mol. The second-order valence-electron chi connectivity index (χ2n) is 3.73.